The van der Waals surface area contributed by atoms with E-state index in [1.165, 1.54) is 0 Å². The van der Waals surface area contributed by atoms with E-state index >= 15 is 0 Å². The van der Waals surface area contributed by atoms with E-state index in [9.17, 15) is 9.00 Å². The van der Waals surface area contributed by atoms with Crippen LogP contribution < -0.4 is 4.72 Å². The Balaban J connectivity index is 3.08. The van der Waals surface area contributed by atoms with Crippen LogP contribution in [0.1, 0.15) is 39.7 Å². The summed E-state index contributed by atoms with van der Waals surface area (Å²) in [4.78, 5) is 11.1. The quantitative estimate of drug-likeness (QED) is 0.872. The van der Waals surface area contributed by atoms with Gasteiger partial charge in [-0.25, -0.2) is 8.93 Å². The molecule has 0 saturated carbocycles. The molecule has 1 aromatic carbocycles. The predicted molar refractivity (Wildman–Crippen MR) is 77.1 cm³/mol. The molecule has 106 valence electrons. The van der Waals surface area contributed by atoms with Gasteiger partial charge in [-0.2, -0.15) is 0 Å². The number of carboxylic acid groups (broad SMARTS) is 1. The maximum atomic E-state index is 12.2. The van der Waals surface area contributed by atoms with Gasteiger partial charge >= 0.3 is 5.97 Å². The van der Waals surface area contributed by atoms with Gasteiger partial charge in [-0.1, -0.05) is 30.3 Å². The number of carbonyl (C=O) groups is 1. The smallest absolute Gasteiger partial charge is 0.305 e. The summed E-state index contributed by atoms with van der Waals surface area (Å²) in [6, 6.07) is 9.24. The number of hydrogen-bond acceptors (Lipinski definition) is 2. The zero-order valence-electron chi connectivity index (χ0n) is 11.8. The number of rotatable bonds is 5. The highest BCUT2D eigenvalue weighted by Gasteiger charge is 2.34. The fraction of sp³-hybridized carbons (Fsp3) is 0.500. The van der Waals surface area contributed by atoms with Crippen molar-refractivity contribution in [3.05, 3.63) is 35.9 Å². The lowest BCUT2D eigenvalue weighted by atomic mass is 9.90. The summed E-state index contributed by atoms with van der Waals surface area (Å²) in [6.07, 6.45) is -0.126. The third-order valence-corrected chi connectivity index (χ3v) is 4.54. The van der Waals surface area contributed by atoms with Crippen LogP contribution in [0.2, 0.25) is 0 Å². The largest absolute Gasteiger partial charge is 0.481 e. The van der Waals surface area contributed by atoms with Crippen LogP contribution in [-0.4, -0.2) is 20.0 Å². The second-order valence-electron chi connectivity index (χ2n) is 5.75. The summed E-state index contributed by atoms with van der Waals surface area (Å²) in [6.45, 7) is 7.31. The van der Waals surface area contributed by atoms with E-state index < -0.39 is 27.2 Å². The van der Waals surface area contributed by atoms with Gasteiger partial charge in [0.25, 0.3) is 0 Å². The first-order chi connectivity index (χ1) is 8.65. The molecule has 1 rings (SSSR count). The van der Waals surface area contributed by atoms with Gasteiger partial charge in [0.05, 0.1) is 27.7 Å². The average molecular weight is 283 g/mol. The first-order valence-corrected chi connectivity index (χ1v) is 7.27. The number of carboxylic acids is 1. The Morgan fingerprint density at radius 1 is 1.21 bits per heavy atom. The molecule has 5 heteroatoms. The summed E-state index contributed by atoms with van der Waals surface area (Å²) in [5.74, 6) is -0.926. The molecule has 0 aromatic heterocycles. The second-order valence-corrected chi connectivity index (χ2v) is 7.72. The Hall–Kier alpha value is -1.20. The fourth-order valence-electron chi connectivity index (χ4n) is 1.66. The molecule has 2 atom stereocenters. The Labute approximate surface area is 116 Å². The molecule has 0 aliphatic rings. The highest BCUT2D eigenvalue weighted by atomic mass is 32.2. The van der Waals surface area contributed by atoms with E-state index in [1.807, 2.05) is 51.1 Å². The molecule has 0 spiro atoms. The first-order valence-electron chi connectivity index (χ1n) is 6.12. The highest BCUT2D eigenvalue weighted by molar-refractivity contribution is 7.84. The third kappa shape index (κ3) is 4.44. The number of hydrogen-bond donors (Lipinski definition) is 2. The van der Waals surface area contributed by atoms with E-state index in [-0.39, 0.29) is 6.42 Å². The minimum Gasteiger partial charge on any atom is -0.481 e. The summed E-state index contributed by atoms with van der Waals surface area (Å²) >= 11 is 0. The van der Waals surface area contributed by atoms with Crippen LogP contribution in [0.25, 0.3) is 0 Å². The summed E-state index contributed by atoms with van der Waals surface area (Å²) in [5, 5.41) is 9.09. The van der Waals surface area contributed by atoms with Crippen LogP contribution in [0.4, 0.5) is 0 Å². The Morgan fingerprint density at radius 2 is 1.74 bits per heavy atom. The first kappa shape index (κ1) is 15.9. The van der Waals surface area contributed by atoms with Crippen LogP contribution >= 0.6 is 0 Å². The topological polar surface area (TPSA) is 66.4 Å². The van der Waals surface area contributed by atoms with Crippen LogP contribution in [0.5, 0.6) is 0 Å². The molecular weight excluding hydrogens is 262 g/mol. The van der Waals surface area contributed by atoms with Crippen LogP contribution in [-0.2, 0) is 21.3 Å². The number of nitrogens with one attached hydrogen (secondary N) is 1. The van der Waals surface area contributed by atoms with E-state index in [1.54, 1.807) is 6.92 Å². The van der Waals surface area contributed by atoms with Crippen LogP contribution in [0.3, 0.4) is 0 Å². The molecule has 1 aromatic rings. The number of benzene rings is 1. The third-order valence-electron chi connectivity index (χ3n) is 2.79. The van der Waals surface area contributed by atoms with Crippen molar-refractivity contribution in [1.29, 1.82) is 0 Å². The SMILES string of the molecule is CC(C)(C)[S@@](=O)N[C@@](C)(CC(=O)O)c1ccccc1. The molecule has 0 radical (unpaired) electrons. The van der Waals surface area contributed by atoms with E-state index in [0.29, 0.717) is 0 Å². The Kier molecular flexibility index (Phi) is 4.87. The molecule has 0 fully saturated rings. The molecule has 0 aliphatic carbocycles. The Bertz CT molecular complexity index is 467. The monoisotopic (exact) mass is 283 g/mol. The van der Waals surface area contributed by atoms with Crippen molar-refractivity contribution in [3.63, 3.8) is 0 Å². The van der Waals surface area contributed by atoms with Gasteiger partial charge < -0.3 is 5.11 Å². The zero-order valence-corrected chi connectivity index (χ0v) is 12.6. The molecule has 4 nitrogen and oxygen atoms in total. The molecular formula is C14H21NO3S. The summed E-state index contributed by atoms with van der Waals surface area (Å²) in [5.41, 5.74) is -0.0411. The van der Waals surface area contributed by atoms with Crippen molar-refractivity contribution in [2.24, 2.45) is 0 Å². The summed E-state index contributed by atoms with van der Waals surface area (Å²) in [7, 11) is -1.34. The van der Waals surface area contributed by atoms with E-state index in [2.05, 4.69) is 4.72 Å². The minimum absolute atomic E-state index is 0.126. The van der Waals surface area contributed by atoms with Gasteiger partial charge in [0, 0.05) is 0 Å². The van der Waals surface area contributed by atoms with Gasteiger partial charge in [-0.3, -0.25) is 4.79 Å². The Morgan fingerprint density at radius 3 is 2.16 bits per heavy atom. The van der Waals surface area contributed by atoms with Crippen molar-refractivity contribution in [2.45, 2.75) is 44.4 Å². The lowest BCUT2D eigenvalue weighted by Gasteiger charge is -2.32. The normalized spacial score (nSPS) is 16.6. The molecule has 0 bridgehead atoms. The van der Waals surface area contributed by atoms with Gasteiger partial charge in [0.2, 0.25) is 0 Å². The number of aliphatic carboxylic acids is 1. The molecule has 0 aliphatic heterocycles. The van der Waals surface area contributed by atoms with Gasteiger partial charge in [-0.15, -0.1) is 0 Å². The maximum Gasteiger partial charge on any atom is 0.305 e. The van der Waals surface area contributed by atoms with Gasteiger partial charge in [-0.05, 0) is 33.3 Å². The molecule has 0 unspecified atom stereocenters. The second kappa shape index (κ2) is 5.84. The minimum atomic E-state index is -1.34. The van der Waals surface area contributed by atoms with Crippen molar-refractivity contribution >= 4 is 17.0 Å². The summed E-state index contributed by atoms with van der Waals surface area (Å²) < 4.78 is 14.8. The molecule has 0 amide bonds. The molecule has 0 saturated heterocycles. The van der Waals surface area contributed by atoms with Crippen molar-refractivity contribution in [3.8, 4) is 0 Å². The van der Waals surface area contributed by atoms with Crippen molar-refractivity contribution < 1.29 is 14.1 Å². The van der Waals surface area contributed by atoms with Crippen LogP contribution in [0, 0.1) is 0 Å². The zero-order chi connectivity index (χ0) is 14.7. The molecule has 2 N–H and O–H groups in total. The van der Waals surface area contributed by atoms with E-state index in [4.69, 9.17) is 5.11 Å². The lowest BCUT2D eigenvalue weighted by Crippen LogP contribution is -2.47. The highest BCUT2D eigenvalue weighted by Crippen LogP contribution is 2.27. The predicted octanol–water partition coefficient (Wildman–Crippen LogP) is 2.43. The molecule has 19 heavy (non-hydrogen) atoms. The average Bonchev–Trinajstić information content (AvgIpc) is 2.27. The standard InChI is InChI=1S/C14H21NO3S/c1-13(2,3)19(18)15-14(4,10-12(16)17)11-8-6-5-7-9-11/h5-9,15H,10H2,1-4H3,(H,16,17)/t14-,19+/m0/s1. The molecule has 0 heterocycles. The fourth-order valence-corrected chi connectivity index (χ4v) is 2.57. The van der Waals surface area contributed by atoms with Crippen molar-refractivity contribution in [1.82, 2.24) is 4.72 Å². The van der Waals surface area contributed by atoms with Gasteiger partial charge in [0.1, 0.15) is 0 Å². The van der Waals surface area contributed by atoms with Gasteiger partial charge in [0.15, 0.2) is 0 Å². The maximum absolute atomic E-state index is 12.2. The lowest BCUT2D eigenvalue weighted by molar-refractivity contribution is -0.138. The van der Waals surface area contributed by atoms with E-state index in [0.717, 1.165) is 5.56 Å². The van der Waals surface area contributed by atoms with Crippen molar-refractivity contribution in [2.75, 3.05) is 0 Å². The van der Waals surface area contributed by atoms with Crippen LogP contribution in [0.15, 0.2) is 30.3 Å².